The maximum Gasteiger partial charge on any atom is 0.417 e. The summed E-state index contributed by atoms with van der Waals surface area (Å²) < 4.78 is 58.0. The van der Waals surface area contributed by atoms with Crippen molar-refractivity contribution >= 4 is 33.2 Å². The van der Waals surface area contributed by atoms with Crippen molar-refractivity contribution in [2.24, 2.45) is 0 Å². The third-order valence-electron chi connectivity index (χ3n) is 5.36. The van der Waals surface area contributed by atoms with Crippen LogP contribution in [0.25, 0.3) is 21.7 Å². The smallest absolute Gasteiger partial charge is 0.256 e. The van der Waals surface area contributed by atoms with Gasteiger partial charge in [0.1, 0.15) is 5.82 Å². The summed E-state index contributed by atoms with van der Waals surface area (Å²) in [7, 11) is 0. The van der Waals surface area contributed by atoms with Crippen molar-refractivity contribution < 1.29 is 17.6 Å². The molecule has 4 heterocycles. The molecule has 5 rings (SSSR count). The van der Waals surface area contributed by atoms with Gasteiger partial charge in [-0.25, -0.2) is 37.5 Å². The number of benzene rings is 1. The zero-order valence-corrected chi connectivity index (χ0v) is 18.0. The molecule has 33 heavy (non-hydrogen) atoms. The zero-order valence-electron chi connectivity index (χ0n) is 16.4. The lowest BCUT2D eigenvalue weighted by molar-refractivity contribution is -0.137. The van der Waals surface area contributed by atoms with Gasteiger partial charge in [0, 0.05) is 19.3 Å². The molecule has 0 aliphatic carbocycles. The van der Waals surface area contributed by atoms with Gasteiger partial charge in [-0.3, -0.25) is 4.79 Å². The largest absolute Gasteiger partial charge is 0.417 e. The van der Waals surface area contributed by atoms with Crippen LogP contribution in [0.3, 0.4) is 0 Å². The normalized spacial score (nSPS) is 14.1. The molecule has 8 nitrogen and oxygen atoms in total. The van der Waals surface area contributed by atoms with Crippen LogP contribution in [0.1, 0.15) is 18.4 Å². The van der Waals surface area contributed by atoms with Crippen molar-refractivity contribution in [1.82, 2.24) is 23.5 Å². The molecule has 0 N–H and O–H groups in total. The molecule has 1 aliphatic rings. The van der Waals surface area contributed by atoms with Gasteiger partial charge < -0.3 is 0 Å². The zero-order chi connectivity index (χ0) is 23.7. The predicted molar refractivity (Wildman–Crippen MR) is 112 cm³/mol. The predicted octanol–water partition coefficient (Wildman–Crippen LogP) is 3.17. The number of halogens is 5. The lowest BCUT2D eigenvalue weighted by atomic mass is 10.2. The molecule has 14 heteroatoms. The summed E-state index contributed by atoms with van der Waals surface area (Å²) in [5.41, 5.74) is -2.91. The van der Waals surface area contributed by atoms with E-state index in [0.29, 0.717) is 54.1 Å². The van der Waals surface area contributed by atoms with Gasteiger partial charge in [-0.1, -0.05) is 22.9 Å². The number of alkyl halides is 3. The second kappa shape index (κ2) is 7.42. The number of hydrogen-bond acceptors (Lipinski definition) is 5. The molecule has 0 saturated carbocycles. The lowest BCUT2D eigenvalue weighted by Crippen LogP contribution is -2.30. The summed E-state index contributed by atoms with van der Waals surface area (Å²) in [5, 5.41) is -0.450. The topological polar surface area (TPSA) is 83.8 Å². The molecule has 0 spiro atoms. The molecule has 0 saturated heterocycles. The van der Waals surface area contributed by atoms with Gasteiger partial charge in [0.05, 0.1) is 26.5 Å². The molecule has 0 unspecified atom stereocenters. The Labute approximate surface area is 189 Å². The first-order chi connectivity index (χ1) is 15.6. The van der Waals surface area contributed by atoms with Crippen LogP contribution in [0.5, 0.6) is 0 Å². The second-order valence-electron chi connectivity index (χ2n) is 7.36. The fourth-order valence-corrected chi connectivity index (χ4v) is 4.96. The lowest BCUT2D eigenvalue weighted by Gasteiger charge is -2.13. The van der Waals surface area contributed by atoms with Crippen LogP contribution in [-0.2, 0) is 19.3 Å². The first kappa shape index (κ1) is 21.6. The minimum Gasteiger partial charge on any atom is -0.256 e. The fraction of sp³-hybridized carbons (Fsp3) is 0.263. The molecule has 0 bridgehead atoms. The SMILES string of the molecule is O=c1sc2cc(F)c(-n3c(=O)n4n(c3=O)CCCC4)cc2n1-c1ncc(C(F)(F)F)cc1Cl. The molecule has 1 aromatic carbocycles. The van der Waals surface area contributed by atoms with Crippen LogP contribution in [-0.4, -0.2) is 23.5 Å². The number of fused-ring (bicyclic) bond motifs is 2. The minimum absolute atomic E-state index is 0.0380. The number of aromatic nitrogens is 5. The molecular formula is C19H12ClF4N5O3S. The summed E-state index contributed by atoms with van der Waals surface area (Å²) in [4.78, 5) is 41.2. The molecule has 4 aromatic rings. The molecule has 0 amide bonds. The van der Waals surface area contributed by atoms with E-state index >= 15 is 0 Å². The molecule has 0 fully saturated rings. The highest BCUT2D eigenvalue weighted by molar-refractivity contribution is 7.16. The van der Waals surface area contributed by atoms with Crippen molar-refractivity contribution in [2.75, 3.05) is 0 Å². The van der Waals surface area contributed by atoms with Gasteiger partial charge >= 0.3 is 22.4 Å². The van der Waals surface area contributed by atoms with Crippen LogP contribution < -0.4 is 16.3 Å². The van der Waals surface area contributed by atoms with Gasteiger partial charge in [0.15, 0.2) is 5.82 Å². The Morgan fingerprint density at radius 2 is 1.61 bits per heavy atom. The van der Waals surface area contributed by atoms with E-state index in [0.717, 1.165) is 16.7 Å². The van der Waals surface area contributed by atoms with Gasteiger partial charge in [-0.15, -0.1) is 0 Å². The number of pyridine rings is 1. The highest BCUT2D eigenvalue weighted by atomic mass is 35.5. The van der Waals surface area contributed by atoms with E-state index < -0.39 is 38.8 Å². The van der Waals surface area contributed by atoms with Crippen molar-refractivity contribution in [3.63, 3.8) is 0 Å². The average Bonchev–Trinajstić information content (AvgIpc) is 3.20. The van der Waals surface area contributed by atoms with E-state index in [1.165, 1.54) is 9.36 Å². The maximum absolute atomic E-state index is 14.9. The molecule has 3 aromatic heterocycles. The molecular weight excluding hydrogens is 490 g/mol. The molecule has 172 valence electrons. The summed E-state index contributed by atoms with van der Waals surface area (Å²) >= 11 is 6.62. The van der Waals surface area contributed by atoms with Gasteiger partial charge in [0.2, 0.25) is 0 Å². The van der Waals surface area contributed by atoms with E-state index in [2.05, 4.69) is 4.98 Å². The van der Waals surface area contributed by atoms with E-state index in [1.54, 1.807) is 0 Å². The Bertz CT molecular complexity index is 1570. The van der Waals surface area contributed by atoms with Crippen LogP contribution in [0.15, 0.2) is 38.8 Å². The molecule has 1 aliphatic heterocycles. The van der Waals surface area contributed by atoms with Crippen LogP contribution in [0, 0.1) is 5.82 Å². The van der Waals surface area contributed by atoms with Crippen molar-refractivity contribution in [2.45, 2.75) is 32.1 Å². The Morgan fingerprint density at radius 1 is 0.970 bits per heavy atom. The number of thiazole rings is 1. The Kier molecular flexibility index (Phi) is 4.86. The maximum atomic E-state index is 14.9. The monoisotopic (exact) mass is 501 g/mol. The third-order valence-corrected chi connectivity index (χ3v) is 6.54. The Hall–Kier alpha value is -3.19. The first-order valence-electron chi connectivity index (χ1n) is 9.59. The van der Waals surface area contributed by atoms with Gasteiger partial charge in [-0.05, 0) is 31.0 Å². The highest BCUT2D eigenvalue weighted by Crippen LogP contribution is 2.33. The number of rotatable bonds is 2. The standard InChI is InChI=1S/C19H12ClF4N5O3S/c20-10-5-9(19(22,23)24)8-25-15(10)28-13-7-12(11(21)6-14(13)33-18(28)32)29-16(30)26-3-1-2-4-27(26)17(29)31/h5-8H,1-4H2. The fourth-order valence-electron chi connectivity index (χ4n) is 3.83. The van der Waals surface area contributed by atoms with Crippen molar-refractivity contribution in [3.8, 4) is 11.5 Å². The molecule has 0 radical (unpaired) electrons. The van der Waals surface area contributed by atoms with Crippen LogP contribution in [0.2, 0.25) is 5.02 Å². The second-order valence-corrected chi connectivity index (χ2v) is 8.76. The van der Waals surface area contributed by atoms with Crippen LogP contribution in [0.4, 0.5) is 17.6 Å². The number of nitrogens with zero attached hydrogens (tertiary/aromatic N) is 5. The van der Waals surface area contributed by atoms with E-state index in [4.69, 9.17) is 11.6 Å². The first-order valence-corrected chi connectivity index (χ1v) is 10.8. The van der Waals surface area contributed by atoms with E-state index in [-0.39, 0.29) is 21.7 Å². The third kappa shape index (κ3) is 3.33. The summed E-state index contributed by atoms with van der Waals surface area (Å²) in [5.74, 6) is -1.20. The van der Waals surface area contributed by atoms with E-state index in [9.17, 15) is 31.9 Å². The highest BCUT2D eigenvalue weighted by Gasteiger charge is 2.32. The summed E-state index contributed by atoms with van der Waals surface area (Å²) in [6.45, 7) is 0.609. The van der Waals surface area contributed by atoms with Gasteiger partial charge in [-0.2, -0.15) is 13.2 Å². The van der Waals surface area contributed by atoms with Gasteiger partial charge in [0.25, 0.3) is 0 Å². The Balaban J connectivity index is 1.76. The minimum atomic E-state index is -4.69. The quantitative estimate of drug-likeness (QED) is 0.395. The average molecular weight is 502 g/mol. The number of hydrogen-bond donors (Lipinski definition) is 0. The summed E-state index contributed by atoms with van der Waals surface area (Å²) in [6.07, 6.45) is -2.79. The van der Waals surface area contributed by atoms with Crippen molar-refractivity contribution in [3.05, 3.63) is 71.4 Å². The van der Waals surface area contributed by atoms with Crippen LogP contribution >= 0.6 is 22.9 Å². The van der Waals surface area contributed by atoms with Crippen molar-refractivity contribution in [1.29, 1.82) is 0 Å². The van der Waals surface area contributed by atoms with E-state index in [1.807, 2.05) is 0 Å². The molecule has 0 atom stereocenters. The summed E-state index contributed by atoms with van der Waals surface area (Å²) in [6, 6.07) is 2.73. The Morgan fingerprint density at radius 3 is 2.18 bits per heavy atom.